The molecule has 3 fully saturated rings. The third kappa shape index (κ3) is 2.24. The minimum absolute atomic E-state index is 0.0153. The summed E-state index contributed by atoms with van der Waals surface area (Å²) in [5.41, 5.74) is 2.76. The summed E-state index contributed by atoms with van der Waals surface area (Å²) in [7, 11) is 4.29. The number of rotatable bonds is 3. The maximum Gasteiger partial charge on any atom is 0.146 e. The van der Waals surface area contributed by atoms with Gasteiger partial charge in [0.2, 0.25) is 0 Å². The summed E-state index contributed by atoms with van der Waals surface area (Å²) in [4.78, 5) is 9.34. The molecule has 4 atom stereocenters. The number of fused-ring (bicyclic) bond motifs is 1. The Kier molecular flexibility index (Phi) is 3.59. The predicted octanol–water partition coefficient (Wildman–Crippen LogP) is 2.12. The van der Waals surface area contributed by atoms with Crippen LogP contribution >= 0.6 is 0 Å². The van der Waals surface area contributed by atoms with Crippen LogP contribution in [-0.2, 0) is 4.74 Å². The molecule has 24 heavy (non-hydrogen) atoms. The van der Waals surface area contributed by atoms with Crippen LogP contribution in [0.5, 0.6) is 0 Å². The number of hydrogen-bond acceptors (Lipinski definition) is 5. The lowest BCUT2D eigenvalue weighted by molar-refractivity contribution is 0.0136. The normalized spacial score (nSPS) is 34.0. The van der Waals surface area contributed by atoms with Crippen LogP contribution in [0, 0.1) is 37.0 Å². The third-order valence-electron chi connectivity index (χ3n) is 6.23. The predicted molar refractivity (Wildman–Crippen MR) is 93.0 cm³/mol. The first-order valence-corrected chi connectivity index (χ1v) is 8.89. The zero-order chi connectivity index (χ0) is 17.1. The highest BCUT2D eigenvalue weighted by Gasteiger charge is 2.63. The van der Waals surface area contributed by atoms with Gasteiger partial charge >= 0.3 is 0 Å². The quantitative estimate of drug-likeness (QED) is 0.851. The number of aryl methyl sites for hydroxylation is 2. The van der Waals surface area contributed by atoms with Gasteiger partial charge in [0, 0.05) is 37.2 Å². The molecule has 4 heterocycles. The Morgan fingerprint density at radius 1 is 1.46 bits per heavy atom. The lowest BCUT2D eigenvalue weighted by atomic mass is 9.73. The molecule has 0 aromatic carbocycles. The smallest absolute Gasteiger partial charge is 0.146 e. The maximum absolute atomic E-state index is 9.54. The van der Waals surface area contributed by atoms with Crippen LogP contribution in [0.1, 0.15) is 29.7 Å². The Morgan fingerprint density at radius 2 is 2.25 bits per heavy atom. The Balaban J connectivity index is 1.65. The fourth-order valence-corrected chi connectivity index (χ4v) is 5.03. The zero-order valence-corrected chi connectivity index (χ0v) is 15.0. The molecule has 2 bridgehead atoms. The van der Waals surface area contributed by atoms with E-state index in [1.165, 1.54) is 6.42 Å². The van der Waals surface area contributed by atoms with Crippen LogP contribution in [0.15, 0.2) is 6.07 Å². The Morgan fingerprint density at radius 3 is 2.96 bits per heavy atom. The van der Waals surface area contributed by atoms with Gasteiger partial charge in [-0.15, -0.1) is 0 Å². The number of ether oxygens (including phenoxy) is 1. The first kappa shape index (κ1) is 15.9. The fourth-order valence-electron chi connectivity index (χ4n) is 5.03. The standard InChI is InChI=1S/C19H26N4O/c1-12-7-14(8-20)18(21-13(12)2)23-10-16-15(9-22(3)4)17-5-6-19(16,11-23)24-17/h7,15-17H,5-6,9-11H2,1-4H3/t15-,16+,17+,19+/m0/s1. The highest BCUT2D eigenvalue weighted by atomic mass is 16.5. The molecule has 0 saturated carbocycles. The van der Waals surface area contributed by atoms with Gasteiger partial charge in [-0.1, -0.05) is 0 Å². The largest absolute Gasteiger partial charge is 0.369 e. The van der Waals surface area contributed by atoms with Gasteiger partial charge in [0.15, 0.2) is 0 Å². The molecular formula is C19H26N4O. The molecule has 3 aliphatic heterocycles. The van der Waals surface area contributed by atoms with Gasteiger partial charge in [-0.3, -0.25) is 0 Å². The minimum Gasteiger partial charge on any atom is -0.369 e. The first-order chi connectivity index (χ1) is 11.4. The second-order valence-corrected chi connectivity index (χ2v) is 8.05. The summed E-state index contributed by atoms with van der Waals surface area (Å²) in [5.74, 6) is 1.99. The van der Waals surface area contributed by atoms with E-state index in [1.54, 1.807) is 0 Å². The van der Waals surface area contributed by atoms with Crippen molar-refractivity contribution in [3.63, 3.8) is 0 Å². The highest BCUT2D eigenvalue weighted by molar-refractivity contribution is 5.57. The van der Waals surface area contributed by atoms with E-state index in [4.69, 9.17) is 9.72 Å². The van der Waals surface area contributed by atoms with Gasteiger partial charge < -0.3 is 14.5 Å². The van der Waals surface area contributed by atoms with Gasteiger partial charge in [0.05, 0.1) is 17.3 Å². The van der Waals surface area contributed by atoms with Crippen molar-refractivity contribution in [1.82, 2.24) is 9.88 Å². The van der Waals surface area contributed by atoms with E-state index in [0.717, 1.165) is 43.1 Å². The van der Waals surface area contributed by atoms with Crippen LogP contribution in [0.25, 0.3) is 0 Å². The Hall–Kier alpha value is -1.64. The fraction of sp³-hybridized carbons (Fsp3) is 0.684. The van der Waals surface area contributed by atoms with E-state index in [-0.39, 0.29) is 5.60 Å². The molecule has 3 saturated heterocycles. The zero-order valence-electron chi connectivity index (χ0n) is 15.0. The van der Waals surface area contributed by atoms with E-state index >= 15 is 0 Å². The molecule has 5 nitrogen and oxygen atoms in total. The number of anilines is 1. The molecule has 5 heteroatoms. The maximum atomic E-state index is 9.54. The van der Waals surface area contributed by atoms with Crippen molar-refractivity contribution >= 4 is 5.82 Å². The molecule has 0 aliphatic carbocycles. The van der Waals surface area contributed by atoms with Crippen LogP contribution < -0.4 is 4.90 Å². The summed E-state index contributed by atoms with van der Waals surface area (Å²) >= 11 is 0. The summed E-state index contributed by atoms with van der Waals surface area (Å²) in [6, 6.07) is 4.31. The van der Waals surface area contributed by atoms with E-state index < -0.39 is 0 Å². The summed E-state index contributed by atoms with van der Waals surface area (Å²) < 4.78 is 6.50. The monoisotopic (exact) mass is 326 g/mol. The summed E-state index contributed by atoms with van der Waals surface area (Å²) in [6.07, 6.45) is 2.74. The van der Waals surface area contributed by atoms with Crippen LogP contribution in [0.3, 0.4) is 0 Å². The average Bonchev–Trinajstić information content (AvgIpc) is 3.18. The van der Waals surface area contributed by atoms with Gasteiger partial charge in [-0.25, -0.2) is 4.98 Å². The SMILES string of the molecule is Cc1cc(C#N)c(N2C[C@@H]3[C@H](CN(C)C)[C@H]4CC[C@]3(C2)O4)nc1C. The average molecular weight is 326 g/mol. The molecular weight excluding hydrogens is 300 g/mol. The molecule has 1 spiro atoms. The molecule has 1 aromatic rings. The van der Waals surface area contributed by atoms with Gasteiger partial charge in [0.1, 0.15) is 11.9 Å². The number of aromatic nitrogens is 1. The molecule has 3 aliphatic rings. The molecule has 4 rings (SSSR count). The van der Waals surface area contributed by atoms with Crippen molar-refractivity contribution < 1.29 is 4.74 Å². The topological polar surface area (TPSA) is 52.4 Å². The van der Waals surface area contributed by atoms with Crippen molar-refractivity contribution in [1.29, 1.82) is 5.26 Å². The van der Waals surface area contributed by atoms with Gasteiger partial charge in [-0.05, 0) is 52.4 Å². The lowest BCUT2D eigenvalue weighted by Gasteiger charge is -2.30. The van der Waals surface area contributed by atoms with Crippen molar-refractivity contribution in [2.45, 2.75) is 38.4 Å². The van der Waals surface area contributed by atoms with E-state index in [0.29, 0.717) is 23.5 Å². The lowest BCUT2D eigenvalue weighted by Crippen LogP contribution is -2.40. The molecule has 128 valence electrons. The van der Waals surface area contributed by atoms with Crippen molar-refractivity contribution in [3.05, 3.63) is 22.9 Å². The Bertz CT molecular complexity index is 710. The highest BCUT2D eigenvalue weighted by Crippen LogP contribution is 2.55. The second kappa shape index (κ2) is 5.44. The van der Waals surface area contributed by atoms with Crippen molar-refractivity contribution in [2.75, 3.05) is 38.6 Å². The van der Waals surface area contributed by atoms with Crippen LogP contribution in [0.4, 0.5) is 5.82 Å². The summed E-state index contributed by atoms with van der Waals surface area (Å²) in [5, 5.41) is 9.54. The molecule has 1 aromatic heterocycles. The molecule has 0 unspecified atom stereocenters. The summed E-state index contributed by atoms with van der Waals surface area (Å²) in [6.45, 7) is 6.95. The van der Waals surface area contributed by atoms with Crippen LogP contribution in [-0.4, -0.2) is 55.3 Å². The number of nitrogens with zero attached hydrogens (tertiary/aromatic N) is 4. The van der Waals surface area contributed by atoms with Crippen molar-refractivity contribution in [3.8, 4) is 6.07 Å². The van der Waals surface area contributed by atoms with E-state index in [9.17, 15) is 5.26 Å². The number of nitriles is 1. The second-order valence-electron chi connectivity index (χ2n) is 8.05. The van der Waals surface area contributed by atoms with Gasteiger partial charge in [0.25, 0.3) is 0 Å². The Labute approximate surface area is 144 Å². The minimum atomic E-state index is -0.0153. The number of hydrogen-bond donors (Lipinski definition) is 0. The van der Waals surface area contributed by atoms with E-state index in [2.05, 4.69) is 30.0 Å². The van der Waals surface area contributed by atoms with Crippen LogP contribution in [0.2, 0.25) is 0 Å². The molecule has 0 radical (unpaired) electrons. The molecule has 0 N–H and O–H groups in total. The third-order valence-corrected chi connectivity index (χ3v) is 6.23. The van der Waals surface area contributed by atoms with E-state index in [1.807, 2.05) is 19.9 Å². The molecule has 0 amide bonds. The first-order valence-electron chi connectivity index (χ1n) is 8.89. The van der Waals surface area contributed by atoms with Gasteiger partial charge in [-0.2, -0.15) is 5.26 Å². The number of pyridine rings is 1. The van der Waals surface area contributed by atoms with Crippen molar-refractivity contribution in [2.24, 2.45) is 11.8 Å².